The van der Waals surface area contributed by atoms with Gasteiger partial charge in [-0.2, -0.15) is 0 Å². The number of nitrogens with zero attached hydrogens (tertiary/aromatic N) is 1. The summed E-state index contributed by atoms with van der Waals surface area (Å²) in [5.74, 6) is 0. The van der Waals surface area contributed by atoms with Crippen LogP contribution in [0.25, 0.3) is 11.1 Å². The Hall–Kier alpha value is -2.20. The van der Waals surface area contributed by atoms with Gasteiger partial charge >= 0.3 is 0 Å². The van der Waals surface area contributed by atoms with Crippen molar-refractivity contribution in [3.05, 3.63) is 75.0 Å². The number of rotatable bonds is 4. The number of hydrogen-bond acceptors (Lipinski definition) is 4. The third kappa shape index (κ3) is 3.65. The average Bonchev–Trinajstić information content (AvgIpc) is 2.58. The number of anilines is 1. The molecule has 24 heavy (non-hydrogen) atoms. The van der Waals surface area contributed by atoms with Gasteiger partial charge < -0.3 is 4.98 Å². The molecule has 0 saturated carbocycles. The molecule has 2 aromatic heterocycles. The maximum atomic E-state index is 12.4. The van der Waals surface area contributed by atoms with Crippen LogP contribution in [0.2, 0.25) is 0 Å². The molecule has 0 unspecified atom stereocenters. The molecular formula is C16H12IN3O3S. The summed E-state index contributed by atoms with van der Waals surface area (Å²) in [6, 6.07) is 11.4. The zero-order valence-electron chi connectivity index (χ0n) is 12.2. The molecule has 0 radical (unpaired) electrons. The van der Waals surface area contributed by atoms with E-state index in [0.717, 1.165) is 9.13 Å². The number of pyridine rings is 2. The minimum absolute atomic E-state index is 0.0390. The van der Waals surface area contributed by atoms with Crippen LogP contribution in [0, 0.1) is 3.57 Å². The fourth-order valence-electron chi connectivity index (χ4n) is 2.09. The molecule has 6 nitrogen and oxygen atoms in total. The van der Waals surface area contributed by atoms with Crippen LogP contribution in [0.3, 0.4) is 0 Å². The SMILES string of the molecule is O=c1[nH]cc(-c2ccncc2)cc1NS(=O)(=O)c1ccc(I)cc1. The lowest BCUT2D eigenvalue weighted by Crippen LogP contribution is -2.20. The molecule has 122 valence electrons. The van der Waals surface area contributed by atoms with Crippen molar-refractivity contribution in [1.29, 1.82) is 0 Å². The van der Waals surface area contributed by atoms with Gasteiger partial charge in [0, 0.05) is 27.7 Å². The molecule has 0 saturated heterocycles. The Labute approximate surface area is 152 Å². The number of hydrogen-bond donors (Lipinski definition) is 2. The summed E-state index contributed by atoms with van der Waals surface area (Å²) >= 11 is 2.09. The van der Waals surface area contributed by atoms with E-state index in [9.17, 15) is 13.2 Å². The molecule has 2 N–H and O–H groups in total. The summed E-state index contributed by atoms with van der Waals surface area (Å²) in [6.07, 6.45) is 4.77. The van der Waals surface area contributed by atoms with Crippen LogP contribution in [0.1, 0.15) is 0 Å². The Morgan fingerprint density at radius 1 is 1.00 bits per heavy atom. The van der Waals surface area contributed by atoms with Crippen molar-refractivity contribution in [2.45, 2.75) is 4.90 Å². The Kier molecular flexibility index (Phi) is 4.67. The van der Waals surface area contributed by atoms with Crippen LogP contribution in [0.5, 0.6) is 0 Å². The van der Waals surface area contributed by atoms with Crippen LogP contribution in [0.15, 0.2) is 70.7 Å². The first-order valence-corrected chi connectivity index (χ1v) is 9.43. The first kappa shape index (κ1) is 16.7. The van der Waals surface area contributed by atoms with E-state index in [1.54, 1.807) is 36.7 Å². The predicted molar refractivity (Wildman–Crippen MR) is 100 cm³/mol. The third-order valence-electron chi connectivity index (χ3n) is 3.29. The summed E-state index contributed by atoms with van der Waals surface area (Å²) < 4.78 is 28.1. The molecule has 0 aliphatic heterocycles. The molecule has 0 bridgehead atoms. The van der Waals surface area contributed by atoms with E-state index in [0.29, 0.717) is 5.56 Å². The molecular weight excluding hydrogens is 441 g/mol. The van der Waals surface area contributed by atoms with Crippen molar-refractivity contribution in [2.24, 2.45) is 0 Å². The number of aromatic nitrogens is 2. The number of nitrogens with one attached hydrogen (secondary N) is 2. The highest BCUT2D eigenvalue weighted by molar-refractivity contribution is 14.1. The molecule has 3 aromatic rings. The normalized spacial score (nSPS) is 11.2. The van der Waals surface area contributed by atoms with Crippen LogP contribution in [-0.2, 0) is 10.0 Å². The standard InChI is InChI=1S/C16H12IN3O3S/c17-13-1-3-14(4-2-13)24(22,23)20-15-9-12(10-19-16(15)21)11-5-7-18-8-6-11/h1-10,20H,(H,19,21). The topological polar surface area (TPSA) is 91.9 Å². The van der Waals surface area contributed by atoms with Gasteiger partial charge in [-0.15, -0.1) is 0 Å². The second-order valence-corrected chi connectivity index (χ2v) is 7.85. The Morgan fingerprint density at radius 3 is 2.33 bits per heavy atom. The van der Waals surface area contributed by atoms with Crippen LogP contribution >= 0.6 is 22.6 Å². The summed E-state index contributed by atoms with van der Waals surface area (Å²) in [5.41, 5.74) is 0.943. The molecule has 0 amide bonds. The molecule has 3 rings (SSSR count). The van der Waals surface area contributed by atoms with Crippen molar-refractivity contribution in [2.75, 3.05) is 4.72 Å². The number of aromatic amines is 1. The lowest BCUT2D eigenvalue weighted by molar-refractivity contribution is 0.601. The molecule has 0 aliphatic carbocycles. The maximum absolute atomic E-state index is 12.4. The summed E-state index contributed by atoms with van der Waals surface area (Å²) in [4.78, 5) is 18.5. The predicted octanol–water partition coefficient (Wildman–Crippen LogP) is 2.84. The van der Waals surface area contributed by atoms with E-state index in [1.165, 1.54) is 24.4 Å². The highest BCUT2D eigenvalue weighted by Crippen LogP contribution is 2.21. The van der Waals surface area contributed by atoms with Gasteiger partial charge in [0.2, 0.25) is 0 Å². The second kappa shape index (κ2) is 6.73. The lowest BCUT2D eigenvalue weighted by Gasteiger charge is -2.09. The average molecular weight is 453 g/mol. The quantitative estimate of drug-likeness (QED) is 0.595. The smallest absolute Gasteiger partial charge is 0.272 e. The summed E-state index contributed by atoms with van der Waals surface area (Å²) in [7, 11) is -3.84. The summed E-state index contributed by atoms with van der Waals surface area (Å²) in [6.45, 7) is 0. The van der Waals surface area contributed by atoms with Gasteiger partial charge in [-0.3, -0.25) is 14.5 Å². The highest BCUT2D eigenvalue weighted by atomic mass is 127. The largest absolute Gasteiger partial charge is 0.327 e. The fraction of sp³-hybridized carbons (Fsp3) is 0. The molecule has 0 aliphatic rings. The van der Waals surface area contributed by atoms with E-state index in [1.807, 2.05) is 0 Å². The molecule has 0 spiro atoms. The van der Waals surface area contributed by atoms with Crippen molar-refractivity contribution < 1.29 is 8.42 Å². The van der Waals surface area contributed by atoms with Crippen LogP contribution in [0.4, 0.5) is 5.69 Å². The highest BCUT2D eigenvalue weighted by Gasteiger charge is 2.16. The van der Waals surface area contributed by atoms with E-state index >= 15 is 0 Å². The molecule has 2 heterocycles. The van der Waals surface area contributed by atoms with Gasteiger partial charge in [0.25, 0.3) is 15.6 Å². The van der Waals surface area contributed by atoms with Gasteiger partial charge in [-0.1, -0.05) is 0 Å². The minimum Gasteiger partial charge on any atom is -0.327 e. The summed E-state index contributed by atoms with van der Waals surface area (Å²) in [5, 5.41) is 0. The van der Waals surface area contributed by atoms with E-state index in [4.69, 9.17) is 0 Å². The fourth-order valence-corrected chi connectivity index (χ4v) is 3.50. The number of halogens is 1. The third-order valence-corrected chi connectivity index (χ3v) is 5.39. The maximum Gasteiger partial charge on any atom is 0.272 e. The van der Waals surface area contributed by atoms with Gasteiger partial charge in [-0.25, -0.2) is 8.42 Å². The number of benzene rings is 1. The molecule has 1 aromatic carbocycles. The minimum atomic E-state index is -3.84. The van der Waals surface area contributed by atoms with Crippen molar-refractivity contribution in [3.63, 3.8) is 0 Å². The van der Waals surface area contributed by atoms with Crippen LogP contribution < -0.4 is 10.3 Å². The zero-order valence-corrected chi connectivity index (χ0v) is 15.2. The van der Waals surface area contributed by atoms with Crippen molar-refractivity contribution >= 4 is 38.3 Å². The lowest BCUT2D eigenvalue weighted by atomic mass is 10.1. The van der Waals surface area contributed by atoms with E-state index in [-0.39, 0.29) is 10.6 Å². The van der Waals surface area contributed by atoms with Gasteiger partial charge in [0.1, 0.15) is 5.69 Å². The van der Waals surface area contributed by atoms with Crippen molar-refractivity contribution in [1.82, 2.24) is 9.97 Å². The first-order chi connectivity index (χ1) is 11.5. The van der Waals surface area contributed by atoms with E-state index < -0.39 is 15.6 Å². The first-order valence-electron chi connectivity index (χ1n) is 6.87. The van der Waals surface area contributed by atoms with Gasteiger partial charge in [0.15, 0.2) is 0 Å². The Bertz CT molecular complexity index is 1020. The van der Waals surface area contributed by atoms with Crippen molar-refractivity contribution in [3.8, 4) is 11.1 Å². The Morgan fingerprint density at radius 2 is 1.67 bits per heavy atom. The molecule has 8 heteroatoms. The Balaban J connectivity index is 1.98. The zero-order chi connectivity index (χ0) is 17.2. The molecule has 0 fully saturated rings. The molecule has 0 atom stereocenters. The van der Waals surface area contributed by atoms with Crippen LogP contribution in [-0.4, -0.2) is 18.4 Å². The van der Waals surface area contributed by atoms with Gasteiger partial charge in [-0.05, 0) is 70.6 Å². The van der Waals surface area contributed by atoms with E-state index in [2.05, 4.69) is 37.3 Å². The monoisotopic (exact) mass is 453 g/mol. The van der Waals surface area contributed by atoms with Gasteiger partial charge in [0.05, 0.1) is 4.90 Å². The number of sulfonamides is 1. The number of H-pyrrole nitrogens is 1. The second-order valence-electron chi connectivity index (χ2n) is 4.93.